The van der Waals surface area contributed by atoms with Crippen molar-refractivity contribution in [3.8, 4) is 0 Å². The van der Waals surface area contributed by atoms with Gasteiger partial charge in [0.15, 0.2) is 0 Å². The molecule has 1 saturated heterocycles. The molecule has 4 rings (SSSR count). The summed E-state index contributed by atoms with van der Waals surface area (Å²) in [5.41, 5.74) is 2.54. The van der Waals surface area contributed by atoms with Gasteiger partial charge < -0.3 is 15.0 Å². The molecule has 0 radical (unpaired) electrons. The number of fused-ring (bicyclic) bond motifs is 1. The zero-order valence-electron chi connectivity index (χ0n) is 13.6. The fourth-order valence-electron chi connectivity index (χ4n) is 3.16. The number of ether oxygens (including phenoxy) is 1. The maximum Gasteiger partial charge on any atom is 0.225 e. The Hall–Kier alpha value is -1.63. The predicted octanol–water partition coefficient (Wildman–Crippen LogP) is 2.64. The number of nitrogens with zero attached hydrogens (tertiary/aromatic N) is 3. The van der Waals surface area contributed by atoms with E-state index in [0.29, 0.717) is 6.04 Å². The summed E-state index contributed by atoms with van der Waals surface area (Å²) in [4.78, 5) is 12.6. The van der Waals surface area contributed by atoms with Gasteiger partial charge in [0.05, 0.1) is 13.2 Å². The van der Waals surface area contributed by atoms with E-state index in [0.717, 1.165) is 50.8 Å². The van der Waals surface area contributed by atoms with Crippen LogP contribution >= 0.6 is 11.8 Å². The van der Waals surface area contributed by atoms with Crippen molar-refractivity contribution in [1.82, 2.24) is 15.3 Å². The van der Waals surface area contributed by atoms with Crippen LogP contribution in [0.4, 0.5) is 5.95 Å². The summed E-state index contributed by atoms with van der Waals surface area (Å²) in [7, 11) is 0. The fourth-order valence-corrected chi connectivity index (χ4v) is 4.29. The van der Waals surface area contributed by atoms with Gasteiger partial charge in [-0.1, -0.05) is 18.2 Å². The van der Waals surface area contributed by atoms with Crippen LogP contribution in [-0.4, -0.2) is 42.0 Å². The largest absolute Gasteiger partial charge is 0.378 e. The van der Waals surface area contributed by atoms with Crippen LogP contribution in [0.5, 0.6) is 0 Å². The Morgan fingerprint density at radius 1 is 1.17 bits per heavy atom. The van der Waals surface area contributed by atoms with Crippen molar-refractivity contribution < 1.29 is 4.74 Å². The highest BCUT2D eigenvalue weighted by Gasteiger charge is 2.19. The topological polar surface area (TPSA) is 50.3 Å². The maximum atomic E-state index is 5.37. The van der Waals surface area contributed by atoms with Gasteiger partial charge >= 0.3 is 0 Å². The third-order valence-electron chi connectivity index (χ3n) is 4.50. The van der Waals surface area contributed by atoms with Crippen molar-refractivity contribution >= 4 is 17.7 Å². The molecule has 2 aromatic rings. The normalized spacial score (nSPS) is 20.7. The number of thioether (sulfide) groups is 1. The van der Waals surface area contributed by atoms with E-state index in [-0.39, 0.29) is 0 Å². The Bertz CT molecular complexity index is 673. The van der Waals surface area contributed by atoms with E-state index in [1.165, 1.54) is 16.2 Å². The van der Waals surface area contributed by atoms with Crippen LogP contribution in [0.25, 0.3) is 0 Å². The van der Waals surface area contributed by atoms with Crippen LogP contribution < -0.4 is 10.2 Å². The Balaban J connectivity index is 1.38. The quantitative estimate of drug-likeness (QED) is 0.922. The molecule has 1 atom stereocenters. The zero-order valence-corrected chi connectivity index (χ0v) is 14.5. The molecule has 0 spiro atoms. The smallest absolute Gasteiger partial charge is 0.225 e. The highest BCUT2D eigenvalue weighted by atomic mass is 32.2. The molecule has 1 N–H and O–H groups in total. The van der Waals surface area contributed by atoms with E-state index in [9.17, 15) is 0 Å². The number of rotatable bonds is 4. The second-order valence-electron chi connectivity index (χ2n) is 6.10. The molecule has 1 aromatic heterocycles. The molecule has 3 heterocycles. The molecular weight excluding hydrogens is 320 g/mol. The number of morpholine rings is 1. The molecule has 0 bridgehead atoms. The summed E-state index contributed by atoms with van der Waals surface area (Å²) < 4.78 is 5.37. The molecule has 2 aliphatic heterocycles. The van der Waals surface area contributed by atoms with E-state index >= 15 is 0 Å². The lowest BCUT2D eigenvalue weighted by molar-refractivity contribution is 0.122. The van der Waals surface area contributed by atoms with Gasteiger partial charge in [0.25, 0.3) is 0 Å². The van der Waals surface area contributed by atoms with Gasteiger partial charge in [0, 0.05) is 48.5 Å². The minimum absolute atomic E-state index is 0.418. The van der Waals surface area contributed by atoms with Crippen molar-refractivity contribution in [2.45, 2.75) is 23.9 Å². The Kier molecular flexibility index (Phi) is 4.96. The summed E-state index contributed by atoms with van der Waals surface area (Å²) in [6.45, 7) is 4.05. The van der Waals surface area contributed by atoms with E-state index in [4.69, 9.17) is 4.74 Å². The summed E-state index contributed by atoms with van der Waals surface area (Å²) in [6, 6.07) is 9.11. The Morgan fingerprint density at radius 3 is 2.79 bits per heavy atom. The minimum atomic E-state index is 0.418. The summed E-state index contributed by atoms with van der Waals surface area (Å²) in [6.07, 6.45) is 5.04. The third kappa shape index (κ3) is 3.55. The highest BCUT2D eigenvalue weighted by Crippen LogP contribution is 2.35. The summed E-state index contributed by atoms with van der Waals surface area (Å²) >= 11 is 1.95. The first-order valence-electron chi connectivity index (χ1n) is 8.49. The molecule has 2 aliphatic rings. The van der Waals surface area contributed by atoms with E-state index < -0.39 is 0 Å². The lowest BCUT2D eigenvalue weighted by atomic mass is 10.0. The van der Waals surface area contributed by atoms with Crippen LogP contribution in [0.3, 0.4) is 0 Å². The first-order chi connectivity index (χ1) is 11.9. The lowest BCUT2D eigenvalue weighted by Crippen LogP contribution is -2.37. The number of nitrogens with one attached hydrogen (secondary N) is 1. The van der Waals surface area contributed by atoms with Gasteiger partial charge in [-0.3, -0.25) is 0 Å². The lowest BCUT2D eigenvalue weighted by Gasteiger charge is -2.27. The van der Waals surface area contributed by atoms with E-state index in [2.05, 4.69) is 44.5 Å². The molecule has 1 fully saturated rings. The van der Waals surface area contributed by atoms with E-state index in [1.54, 1.807) is 0 Å². The first-order valence-corrected chi connectivity index (χ1v) is 9.47. The standard InChI is InChI=1S/C18H22N4OS/c1-2-4-17-15(3-1)16(5-10-24-17)19-11-14-12-20-18(21-13-14)22-6-8-23-9-7-22/h1-4,12-13,16,19H,5-11H2/t16-/m1/s1. The van der Waals surface area contributed by atoms with Crippen molar-refractivity contribution in [2.24, 2.45) is 0 Å². The molecule has 126 valence electrons. The van der Waals surface area contributed by atoms with Crippen LogP contribution in [-0.2, 0) is 11.3 Å². The van der Waals surface area contributed by atoms with Crippen LogP contribution in [0.2, 0.25) is 0 Å². The van der Waals surface area contributed by atoms with Gasteiger partial charge in [-0.15, -0.1) is 11.8 Å². The number of hydrogen-bond acceptors (Lipinski definition) is 6. The highest BCUT2D eigenvalue weighted by molar-refractivity contribution is 7.99. The van der Waals surface area contributed by atoms with E-state index in [1.807, 2.05) is 24.2 Å². The summed E-state index contributed by atoms with van der Waals surface area (Å²) in [5.74, 6) is 1.97. The fraction of sp³-hybridized carbons (Fsp3) is 0.444. The van der Waals surface area contributed by atoms with Gasteiger partial charge in [0.1, 0.15) is 0 Å². The average molecular weight is 342 g/mol. The monoisotopic (exact) mass is 342 g/mol. The number of benzene rings is 1. The van der Waals surface area contributed by atoms with Crippen molar-refractivity contribution in [3.05, 3.63) is 47.8 Å². The summed E-state index contributed by atoms with van der Waals surface area (Å²) in [5, 5.41) is 3.67. The molecule has 0 unspecified atom stereocenters. The third-order valence-corrected chi connectivity index (χ3v) is 5.62. The van der Waals surface area contributed by atoms with Crippen LogP contribution in [0.1, 0.15) is 23.6 Å². The van der Waals surface area contributed by atoms with Gasteiger partial charge in [-0.2, -0.15) is 0 Å². The zero-order chi connectivity index (χ0) is 16.2. The molecule has 0 aliphatic carbocycles. The molecular formula is C18H22N4OS. The van der Waals surface area contributed by atoms with Crippen molar-refractivity contribution in [3.63, 3.8) is 0 Å². The Morgan fingerprint density at radius 2 is 1.96 bits per heavy atom. The predicted molar refractivity (Wildman–Crippen MR) is 96.4 cm³/mol. The van der Waals surface area contributed by atoms with Gasteiger partial charge in [-0.05, 0) is 23.8 Å². The first kappa shape index (κ1) is 15.9. The second-order valence-corrected chi connectivity index (χ2v) is 7.24. The maximum absolute atomic E-state index is 5.37. The molecule has 1 aromatic carbocycles. The average Bonchev–Trinajstić information content (AvgIpc) is 2.67. The van der Waals surface area contributed by atoms with Crippen molar-refractivity contribution in [2.75, 3.05) is 37.0 Å². The molecule has 24 heavy (non-hydrogen) atoms. The Labute approximate surface area is 146 Å². The van der Waals surface area contributed by atoms with Crippen LogP contribution in [0, 0.1) is 0 Å². The molecule has 0 amide bonds. The molecule has 0 saturated carbocycles. The van der Waals surface area contributed by atoms with Crippen LogP contribution in [0.15, 0.2) is 41.6 Å². The van der Waals surface area contributed by atoms with Gasteiger partial charge in [0.2, 0.25) is 5.95 Å². The number of hydrogen-bond donors (Lipinski definition) is 1. The molecule has 5 nitrogen and oxygen atoms in total. The van der Waals surface area contributed by atoms with Crippen molar-refractivity contribution in [1.29, 1.82) is 0 Å². The second kappa shape index (κ2) is 7.51. The van der Waals surface area contributed by atoms with Gasteiger partial charge in [-0.25, -0.2) is 9.97 Å². The minimum Gasteiger partial charge on any atom is -0.378 e. The SMILES string of the molecule is c1ccc2c(c1)SCC[C@H]2NCc1cnc(N2CCOCC2)nc1. The number of aromatic nitrogens is 2. The number of anilines is 1. The molecule has 6 heteroatoms.